The van der Waals surface area contributed by atoms with Crippen molar-refractivity contribution in [2.75, 3.05) is 25.4 Å². The van der Waals surface area contributed by atoms with Crippen LogP contribution in [0.3, 0.4) is 0 Å². The number of nitrogens with two attached hydrogens (primary N) is 1. The van der Waals surface area contributed by atoms with Crippen LogP contribution in [0.4, 0.5) is 5.69 Å². The van der Waals surface area contributed by atoms with Crippen molar-refractivity contribution in [1.29, 1.82) is 0 Å². The number of piperidine rings is 1. The van der Waals surface area contributed by atoms with Gasteiger partial charge in [-0.2, -0.15) is 0 Å². The van der Waals surface area contributed by atoms with Gasteiger partial charge in [-0.15, -0.1) is 0 Å². The molecule has 0 radical (unpaired) electrons. The smallest absolute Gasteiger partial charge is 0.0314 e. The van der Waals surface area contributed by atoms with Gasteiger partial charge in [-0.1, -0.05) is 25.0 Å². The van der Waals surface area contributed by atoms with Crippen molar-refractivity contribution < 1.29 is 0 Å². The summed E-state index contributed by atoms with van der Waals surface area (Å²) in [5.41, 5.74) is 9.42. The standard InChI is InChI=1S/C19H28N2/c20-17-5-3-16(4-6-17)19(9-10-19)15-21-13-11-18(12-14-21)7-1-2-8-18/h3-6H,1-2,7-15,20H2. The van der Waals surface area contributed by atoms with E-state index in [9.17, 15) is 0 Å². The van der Waals surface area contributed by atoms with E-state index in [4.69, 9.17) is 5.73 Å². The predicted molar refractivity (Wildman–Crippen MR) is 88.3 cm³/mol. The van der Waals surface area contributed by atoms with Crippen LogP contribution in [-0.2, 0) is 5.41 Å². The molecule has 2 saturated carbocycles. The highest BCUT2D eigenvalue weighted by Crippen LogP contribution is 2.51. The number of nitrogens with zero attached hydrogens (tertiary/aromatic N) is 1. The van der Waals surface area contributed by atoms with E-state index < -0.39 is 0 Å². The molecule has 2 nitrogen and oxygen atoms in total. The molecule has 1 saturated heterocycles. The van der Waals surface area contributed by atoms with E-state index in [2.05, 4.69) is 29.2 Å². The minimum absolute atomic E-state index is 0.452. The number of hydrogen-bond acceptors (Lipinski definition) is 2. The molecule has 1 heterocycles. The summed E-state index contributed by atoms with van der Waals surface area (Å²) >= 11 is 0. The molecule has 4 rings (SSSR count). The van der Waals surface area contributed by atoms with Crippen LogP contribution in [0.25, 0.3) is 0 Å². The van der Waals surface area contributed by atoms with Crippen LogP contribution in [-0.4, -0.2) is 24.5 Å². The second-order valence-electron chi connectivity index (χ2n) is 7.89. The number of rotatable bonds is 3. The molecule has 1 aromatic rings. The van der Waals surface area contributed by atoms with Gasteiger partial charge in [0.15, 0.2) is 0 Å². The van der Waals surface area contributed by atoms with E-state index >= 15 is 0 Å². The Labute approximate surface area is 128 Å². The number of benzene rings is 1. The molecule has 0 atom stereocenters. The Morgan fingerprint density at radius 1 is 0.857 bits per heavy atom. The van der Waals surface area contributed by atoms with Crippen LogP contribution < -0.4 is 5.73 Å². The summed E-state index contributed by atoms with van der Waals surface area (Å²) in [5.74, 6) is 0. The van der Waals surface area contributed by atoms with Gasteiger partial charge in [-0.25, -0.2) is 0 Å². The van der Waals surface area contributed by atoms with Crippen LogP contribution >= 0.6 is 0 Å². The second kappa shape index (κ2) is 5.01. The molecular formula is C19H28N2. The molecule has 114 valence electrons. The highest BCUT2D eigenvalue weighted by Gasteiger charge is 2.46. The van der Waals surface area contributed by atoms with E-state index in [1.54, 1.807) is 0 Å². The Hall–Kier alpha value is -1.02. The fraction of sp³-hybridized carbons (Fsp3) is 0.684. The topological polar surface area (TPSA) is 29.3 Å². The van der Waals surface area contributed by atoms with Gasteiger partial charge in [0, 0.05) is 17.6 Å². The molecule has 2 N–H and O–H groups in total. The first-order valence-corrected chi connectivity index (χ1v) is 8.78. The van der Waals surface area contributed by atoms with Gasteiger partial charge >= 0.3 is 0 Å². The quantitative estimate of drug-likeness (QED) is 0.851. The molecule has 0 aromatic heterocycles. The SMILES string of the molecule is Nc1ccc(C2(CN3CCC4(CCCC4)CC3)CC2)cc1. The molecule has 0 bridgehead atoms. The molecule has 21 heavy (non-hydrogen) atoms. The van der Waals surface area contributed by atoms with E-state index in [-0.39, 0.29) is 0 Å². The summed E-state index contributed by atoms with van der Waals surface area (Å²) in [6.45, 7) is 3.93. The van der Waals surface area contributed by atoms with Gasteiger partial charge < -0.3 is 10.6 Å². The number of hydrogen-bond donors (Lipinski definition) is 1. The molecule has 2 aliphatic carbocycles. The Kier molecular flexibility index (Phi) is 3.25. The lowest BCUT2D eigenvalue weighted by Crippen LogP contribution is -2.42. The fourth-order valence-electron chi connectivity index (χ4n) is 4.76. The predicted octanol–water partition coefficient (Wildman–Crippen LogP) is 3.96. The minimum Gasteiger partial charge on any atom is -0.399 e. The molecule has 2 heteroatoms. The van der Waals surface area contributed by atoms with Gasteiger partial charge in [0.25, 0.3) is 0 Å². The summed E-state index contributed by atoms with van der Waals surface area (Å²) < 4.78 is 0. The van der Waals surface area contributed by atoms with E-state index in [0.717, 1.165) is 11.1 Å². The number of likely N-dealkylation sites (tertiary alicyclic amines) is 1. The Balaban J connectivity index is 1.39. The van der Waals surface area contributed by atoms with E-state index in [1.165, 1.54) is 76.6 Å². The first-order valence-electron chi connectivity index (χ1n) is 8.78. The molecule has 1 spiro atoms. The van der Waals surface area contributed by atoms with E-state index in [1.807, 2.05) is 0 Å². The lowest BCUT2D eigenvalue weighted by atomic mass is 9.77. The van der Waals surface area contributed by atoms with Crippen molar-refractivity contribution in [2.45, 2.75) is 56.8 Å². The van der Waals surface area contributed by atoms with E-state index in [0.29, 0.717) is 5.41 Å². The van der Waals surface area contributed by atoms with Crippen molar-refractivity contribution >= 4 is 5.69 Å². The third kappa shape index (κ3) is 2.59. The Bertz CT molecular complexity index is 485. The highest BCUT2D eigenvalue weighted by molar-refractivity contribution is 5.43. The summed E-state index contributed by atoms with van der Waals surface area (Å²) in [6.07, 6.45) is 11.6. The number of anilines is 1. The van der Waals surface area contributed by atoms with Crippen LogP contribution in [0, 0.1) is 5.41 Å². The summed E-state index contributed by atoms with van der Waals surface area (Å²) in [7, 11) is 0. The average Bonchev–Trinajstić information content (AvgIpc) is 3.14. The maximum Gasteiger partial charge on any atom is 0.0314 e. The molecular weight excluding hydrogens is 256 g/mol. The lowest BCUT2D eigenvalue weighted by molar-refractivity contribution is 0.101. The van der Waals surface area contributed by atoms with Crippen molar-refractivity contribution in [3.8, 4) is 0 Å². The first-order chi connectivity index (χ1) is 10.2. The normalized spacial score (nSPS) is 27.0. The van der Waals surface area contributed by atoms with Crippen molar-refractivity contribution in [3.63, 3.8) is 0 Å². The van der Waals surface area contributed by atoms with Gasteiger partial charge in [0.2, 0.25) is 0 Å². The third-order valence-electron chi connectivity index (χ3n) is 6.48. The molecule has 3 aliphatic rings. The summed E-state index contributed by atoms with van der Waals surface area (Å²) in [4.78, 5) is 2.74. The van der Waals surface area contributed by atoms with Gasteiger partial charge in [0.05, 0.1) is 0 Å². The molecule has 1 aliphatic heterocycles. The van der Waals surface area contributed by atoms with Crippen molar-refractivity contribution in [1.82, 2.24) is 4.90 Å². The minimum atomic E-state index is 0.452. The molecule has 0 unspecified atom stereocenters. The lowest BCUT2D eigenvalue weighted by Gasteiger charge is -2.40. The maximum atomic E-state index is 5.83. The molecule has 0 amide bonds. The zero-order valence-corrected chi connectivity index (χ0v) is 13.1. The van der Waals surface area contributed by atoms with Gasteiger partial charge in [-0.3, -0.25) is 0 Å². The van der Waals surface area contributed by atoms with Crippen molar-refractivity contribution in [3.05, 3.63) is 29.8 Å². The van der Waals surface area contributed by atoms with Gasteiger partial charge in [-0.05, 0) is 74.7 Å². The monoisotopic (exact) mass is 284 g/mol. The average molecular weight is 284 g/mol. The fourth-order valence-corrected chi connectivity index (χ4v) is 4.76. The van der Waals surface area contributed by atoms with Crippen molar-refractivity contribution in [2.24, 2.45) is 5.41 Å². The highest BCUT2D eigenvalue weighted by atomic mass is 15.1. The first kappa shape index (κ1) is 13.6. The van der Waals surface area contributed by atoms with Gasteiger partial charge in [0.1, 0.15) is 0 Å². The maximum absolute atomic E-state index is 5.83. The number of nitrogen functional groups attached to an aromatic ring is 1. The van der Waals surface area contributed by atoms with Crippen LogP contribution in [0.1, 0.15) is 56.9 Å². The summed E-state index contributed by atoms with van der Waals surface area (Å²) in [5, 5.41) is 0. The zero-order valence-electron chi connectivity index (χ0n) is 13.1. The third-order valence-corrected chi connectivity index (χ3v) is 6.48. The molecule has 1 aromatic carbocycles. The molecule has 3 fully saturated rings. The Morgan fingerprint density at radius 2 is 1.48 bits per heavy atom. The second-order valence-corrected chi connectivity index (χ2v) is 7.89. The van der Waals surface area contributed by atoms with Crippen LogP contribution in [0.2, 0.25) is 0 Å². The zero-order chi connectivity index (χ0) is 14.3. The van der Waals surface area contributed by atoms with Crippen LogP contribution in [0.5, 0.6) is 0 Å². The largest absolute Gasteiger partial charge is 0.399 e. The summed E-state index contributed by atoms with van der Waals surface area (Å²) in [6, 6.07) is 8.65. The Morgan fingerprint density at radius 3 is 2.05 bits per heavy atom. The van der Waals surface area contributed by atoms with Crippen LogP contribution in [0.15, 0.2) is 24.3 Å².